The van der Waals surface area contributed by atoms with Crippen molar-refractivity contribution in [1.29, 1.82) is 0 Å². The van der Waals surface area contributed by atoms with Crippen molar-refractivity contribution in [3.63, 3.8) is 0 Å². The minimum absolute atomic E-state index is 0.158. The van der Waals surface area contributed by atoms with E-state index >= 15 is 0 Å². The predicted octanol–water partition coefficient (Wildman–Crippen LogP) is 2.66. The van der Waals surface area contributed by atoms with Gasteiger partial charge in [0.15, 0.2) is 0 Å². The summed E-state index contributed by atoms with van der Waals surface area (Å²) in [4.78, 5) is 1.86. The number of alkyl halides is 3. The lowest BCUT2D eigenvalue weighted by Crippen LogP contribution is -2.24. The van der Waals surface area contributed by atoms with Crippen LogP contribution in [0.25, 0.3) is 0 Å². The van der Waals surface area contributed by atoms with Crippen LogP contribution in [0.3, 0.4) is 0 Å². The Bertz CT molecular complexity index is 369. The van der Waals surface area contributed by atoms with Crippen molar-refractivity contribution < 1.29 is 22.6 Å². The van der Waals surface area contributed by atoms with E-state index in [1.807, 2.05) is 11.9 Å². The van der Waals surface area contributed by atoms with E-state index in [0.717, 1.165) is 0 Å². The molecule has 0 bridgehead atoms. The van der Waals surface area contributed by atoms with E-state index in [2.05, 4.69) is 4.74 Å². The van der Waals surface area contributed by atoms with E-state index in [4.69, 9.17) is 4.74 Å². The first kappa shape index (κ1) is 14.8. The predicted molar refractivity (Wildman–Crippen MR) is 61.3 cm³/mol. The van der Waals surface area contributed by atoms with Gasteiger partial charge < -0.3 is 9.47 Å². The van der Waals surface area contributed by atoms with Crippen LogP contribution in [-0.4, -0.2) is 38.6 Å². The molecular formula is C12H16F3NO2. The monoisotopic (exact) mass is 263 g/mol. The van der Waals surface area contributed by atoms with Gasteiger partial charge in [0.05, 0.1) is 6.61 Å². The maximum absolute atomic E-state index is 12.2. The lowest BCUT2D eigenvalue weighted by atomic mass is 10.2. The summed E-state index contributed by atoms with van der Waals surface area (Å²) >= 11 is 0. The molecule has 102 valence electrons. The fraction of sp³-hybridized carbons (Fsp3) is 0.500. The van der Waals surface area contributed by atoms with Gasteiger partial charge in [0.2, 0.25) is 0 Å². The second-order valence-corrected chi connectivity index (χ2v) is 3.89. The number of hydrogen-bond acceptors (Lipinski definition) is 3. The summed E-state index contributed by atoms with van der Waals surface area (Å²) in [7, 11) is 3.39. The molecule has 0 saturated heterocycles. The Labute approximate surface area is 104 Å². The van der Waals surface area contributed by atoms with Crippen LogP contribution in [0.5, 0.6) is 5.75 Å². The van der Waals surface area contributed by atoms with Gasteiger partial charge in [-0.3, -0.25) is 4.90 Å². The summed E-state index contributed by atoms with van der Waals surface area (Å²) in [6.07, 6.45) is -4.67. The molecule has 0 heterocycles. The third kappa shape index (κ3) is 5.37. The summed E-state index contributed by atoms with van der Waals surface area (Å²) < 4.78 is 45.5. The maximum atomic E-state index is 12.2. The summed E-state index contributed by atoms with van der Waals surface area (Å²) in [5.74, 6) is -0.158. The average molecular weight is 263 g/mol. The van der Waals surface area contributed by atoms with Crippen LogP contribution in [-0.2, 0) is 11.3 Å². The van der Waals surface area contributed by atoms with Crippen LogP contribution >= 0.6 is 0 Å². The Kier molecular flexibility index (Phi) is 5.43. The van der Waals surface area contributed by atoms with E-state index in [1.54, 1.807) is 19.2 Å². The fourth-order valence-corrected chi connectivity index (χ4v) is 1.48. The molecule has 0 unspecified atom stereocenters. The zero-order valence-corrected chi connectivity index (χ0v) is 10.3. The van der Waals surface area contributed by atoms with Gasteiger partial charge in [-0.25, -0.2) is 0 Å². The SMILES string of the molecule is COCCN(C)Cc1ccccc1OC(F)(F)F. The second kappa shape index (κ2) is 6.61. The van der Waals surface area contributed by atoms with E-state index in [0.29, 0.717) is 25.3 Å². The van der Waals surface area contributed by atoms with Gasteiger partial charge >= 0.3 is 6.36 Å². The number of rotatable bonds is 6. The normalized spacial score (nSPS) is 11.9. The fourth-order valence-electron chi connectivity index (χ4n) is 1.48. The minimum Gasteiger partial charge on any atom is -0.405 e. The highest BCUT2D eigenvalue weighted by Gasteiger charge is 2.31. The number of benzene rings is 1. The van der Waals surface area contributed by atoms with Crippen LogP contribution in [0.4, 0.5) is 13.2 Å². The zero-order valence-electron chi connectivity index (χ0n) is 10.3. The van der Waals surface area contributed by atoms with Gasteiger partial charge in [-0.05, 0) is 13.1 Å². The summed E-state index contributed by atoms with van der Waals surface area (Å²) in [6.45, 7) is 1.53. The summed E-state index contributed by atoms with van der Waals surface area (Å²) in [5.41, 5.74) is 0.494. The first-order chi connectivity index (χ1) is 8.42. The largest absolute Gasteiger partial charge is 0.573 e. The van der Waals surface area contributed by atoms with E-state index in [9.17, 15) is 13.2 Å². The summed E-state index contributed by atoms with van der Waals surface area (Å²) in [5, 5.41) is 0. The van der Waals surface area contributed by atoms with Gasteiger partial charge in [-0.2, -0.15) is 0 Å². The van der Waals surface area contributed by atoms with Crippen molar-refractivity contribution >= 4 is 0 Å². The van der Waals surface area contributed by atoms with E-state index in [1.165, 1.54) is 12.1 Å². The molecule has 3 nitrogen and oxygen atoms in total. The number of ether oxygens (including phenoxy) is 2. The van der Waals surface area contributed by atoms with Crippen molar-refractivity contribution in [3.05, 3.63) is 29.8 Å². The Hall–Kier alpha value is -1.27. The highest BCUT2D eigenvalue weighted by atomic mass is 19.4. The van der Waals surface area contributed by atoms with Gasteiger partial charge in [0.1, 0.15) is 5.75 Å². The topological polar surface area (TPSA) is 21.7 Å². The number of hydrogen-bond donors (Lipinski definition) is 0. The maximum Gasteiger partial charge on any atom is 0.573 e. The molecule has 0 radical (unpaired) electrons. The van der Waals surface area contributed by atoms with E-state index < -0.39 is 6.36 Å². The molecule has 6 heteroatoms. The lowest BCUT2D eigenvalue weighted by Gasteiger charge is -2.19. The van der Waals surface area contributed by atoms with E-state index in [-0.39, 0.29) is 5.75 Å². The van der Waals surface area contributed by atoms with Gasteiger partial charge in [-0.1, -0.05) is 18.2 Å². The second-order valence-electron chi connectivity index (χ2n) is 3.89. The molecule has 0 aromatic heterocycles. The van der Waals surface area contributed by atoms with Crippen LogP contribution in [0.1, 0.15) is 5.56 Å². The quantitative estimate of drug-likeness (QED) is 0.787. The first-order valence-electron chi connectivity index (χ1n) is 5.43. The van der Waals surface area contributed by atoms with Crippen molar-refractivity contribution in [2.24, 2.45) is 0 Å². The van der Waals surface area contributed by atoms with Gasteiger partial charge in [-0.15, -0.1) is 13.2 Å². The molecule has 0 saturated carbocycles. The molecular weight excluding hydrogens is 247 g/mol. The smallest absolute Gasteiger partial charge is 0.405 e. The molecule has 1 aromatic rings. The minimum atomic E-state index is -4.67. The molecule has 0 atom stereocenters. The Morgan fingerprint density at radius 1 is 1.22 bits per heavy atom. The van der Waals surface area contributed by atoms with Crippen LogP contribution in [0, 0.1) is 0 Å². The third-order valence-corrected chi connectivity index (χ3v) is 2.32. The highest BCUT2D eigenvalue weighted by Crippen LogP contribution is 2.26. The standard InChI is InChI=1S/C12H16F3NO2/c1-16(7-8-17-2)9-10-5-3-4-6-11(10)18-12(13,14)15/h3-6H,7-9H2,1-2H3. The first-order valence-corrected chi connectivity index (χ1v) is 5.43. The molecule has 0 aliphatic carbocycles. The van der Waals surface area contributed by atoms with Crippen LogP contribution in [0.2, 0.25) is 0 Å². The molecule has 1 rings (SSSR count). The third-order valence-electron chi connectivity index (χ3n) is 2.32. The molecule has 0 fully saturated rings. The van der Waals surface area contributed by atoms with Crippen LogP contribution < -0.4 is 4.74 Å². The molecule has 18 heavy (non-hydrogen) atoms. The average Bonchev–Trinajstić information content (AvgIpc) is 2.27. The molecule has 1 aromatic carbocycles. The van der Waals surface area contributed by atoms with Gasteiger partial charge in [0.25, 0.3) is 0 Å². The number of likely N-dealkylation sites (N-methyl/N-ethyl adjacent to an activating group) is 1. The number of nitrogens with zero attached hydrogens (tertiary/aromatic N) is 1. The van der Waals surface area contributed by atoms with Crippen molar-refractivity contribution in [3.8, 4) is 5.75 Å². The van der Waals surface area contributed by atoms with Crippen molar-refractivity contribution in [2.75, 3.05) is 27.3 Å². The number of para-hydroxylation sites is 1. The molecule has 0 spiro atoms. The Morgan fingerprint density at radius 2 is 1.89 bits per heavy atom. The molecule has 0 amide bonds. The zero-order chi connectivity index (χ0) is 13.6. The Balaban J connectivity index is 2.70. The highest BCUT2D eigenvalue weighted by molar-refractivity contribution is 5.33. The van der Waals surface area contributed by atoms with Gasteiger partial charge in [0, 0.05) is 25.8 Å². The van der Waals surface area contributed by atoms with Crippen LogP contribution in [0.15, 0.2) is 24.3 Å². The van der Waals surface area contributed by atoms with Crippen molar-refractivity contribution in [2.45, 2.75) is 12.9 Å². The molecule has 0 aliphatic heterocycles. The van der Waals surface area contributed by atoms with Crippen molar-refractivity contribution in [1.82, 2.24) is 4.90 Å². The molecule has 0 aliphatic rings. The lowest BCUT2D eigenvalue weighted by molar-refractivity contribution is -0.275. The number of halogens is 3. The number of methoxy groups -OCH3 is 1. The molecule has 0 N–H and O–H groups in total. The Morgan fingerprint density at radius 3 is 2.50 bits per heavy atom. The summed E-state index contributed by atoms with van der Waals surface area (Å²) in [6, 6.07) is 6.12.